The summed E-state index contributed by atoms with van der Waals surface area (Å²) in [4.78, 5) is 27.8. The van der Waals surface area contributed by atoms with E-state index >= 15 is 0 Å². The number of hydrogen-bond donors (Lipinski definition) is 1. The van der Waals surface area contributed by atoms with Crippen molar-refractivity contribution in [1.29, 1.82) is 0 Å². The first-order valence-electron chi connectivity index (χ1n) is 11.3. The van der Waals surface area contributed by atoms with Crippen LogP contribution in [0.25, 0.3) is 0 Å². The smallest absolute Gasteiger partial charge is 0.242 e. The summed E-state index contributed by atoms with van der Waals surface area (Å²) >= 11 is 12.2. The molecule has 0 aliphatic heterocycles. The molecule has 0 aromatic heterocycles. The fourth-order valence-electron chi connectivity index (χ4n) is 3.46. The van der Waals surface area contributed by atoms with Gasteiger partial charge in [-0.15, -0.1) is 0 Å². The zero-order chi connectivity index (χ0) is 25.0. The average molecular weight is 492 g/mol. The normalized spacial score (nSPS) is 12.9. The summed E-state index contributed by atoms with van der Waals surface area (Å²) in [6.45, 7) is 14.3. The van der Waals surface area contributed by atoms with E-state index in [9.17, 15) is 9.59 Å². The molecule has 0 fully saturated rings. The van der Waals surface area contributed by atoms with Gasteiger partial charge in [-0.1, -0.05) is 74.3 Å². The van der Waals surface area contributed by atoms with Gasteiger partial charge in [0.2, 0.25) is 11.8 Å². The van der Waals surface area contributed by atoms with Crippen molar-refractivity contribution in [2.24, 2.45) is 0 Å². The Morgan fingerprint density at radius 1 is 0.909 bits per heavy atom. The third-order valence-corrected chi connectivity index (χ3v) is 6.19. The van der Waals surface area contributed by atoms with Crippen LogP contribution in [0.15, 0.2) is 42.5 Å². The molecule has 4 nitrogen and oxygen atoms in total. The third kappa shape index (κ3) is 8.35. The fourth-order valence-corrected chi connectivity index (χ4v) is 3.78. The number of carbonyl (C=O) groups excluding carboxylic acids is 2. The summed E-state index contributed by atoms with van der Waals surface area (Å²) in [5.41, 5.74) is 2.87. The van der Waals surface area contributed by atoms with Crippen molar-refractivity contribution in [3.8, 4) is 0 Å². The Balaban J connectivity index is 2.19. The zero-order valence-electron chi connectivity index (χ0n) is 20.8. The molecule has 1 atom stereocenters. The number of halogens is 2. The van der Waals surface area contributed by atoms with Gasteiger partial charge in [0.15, 0.2) is 0 Å². The molecule has 0 spiro atoms. The van der Waals surface area contributed by atoms with Crippen molar-refractivity contribution in [2.45, 2.75) is 84.8 Å². The second-order valence-corrected chi connectivity index (χ2v) is 11.4. The van der Waals surface area contributed by atoms with E-state index in [2.05, 4.69) is 50.4 Å². The Bertz CT molecular complexity index is 973. The summed E-state index contributed by atoms with van der Waals surface area (Å²) < 4.78 is 0. The van der Waals surface area contributed by atoms with Gasteiger partial charge in [0.05, 0.1) is 10.0 Å². The molecule has 1 N–H and O–H groups in total. The largest absolute Gasteiger partial charge is 0.350 e. The monoisotopic (exact) mass is 490 g/mol. The molecule has 0 aliphatic rings. The van der Waals surface area contributed by atoms with E-state index in [1.165, 1.54) is 5.56 Å². The lowest BCUT2D eigenvalue weighted by Crippen LogP contribution is -2.52. The van der Waals surface area contributed by atoms with Crippen LogP contribution in [0, 0.1) is 0 Å². The van der Waals surface area contributed by atoms with Crippen molar-refractivity contribution in [3.05, 3.63) is 69.2 Å². The minimum absolute atomic E-state index is 0.0842. The molecule has 33 heavy (non-hydrogen) atoms. The molecule has 180 valence electrons. The molecule has 0 heterocycles. The average Bonchev–Trinajstić information content (AvgIpc) is 2.70. The standard InChI is InChI=1S/C27H36Cl2N2O2/c1-18(25(33)30-27(5,6)7)31(17-20-10-14-22(28)23(29)16-20)24(32)15-11-19-8-12-21(13-9-19)26(2,3)4/h8-10,12-14,16,18H,11,15,17H2,1-7H3,(H,30,33)/t18-/m0/s1. The first kappa shape index (κ1) is 27.2. The fraction of sp³-hybridized carbons (Fsp3) is 0.481. The van der Waals surface area contributed by atoms with E-state index in [0.717, 1.165) is 11.1 Å². The molecule has 2 amide bonds. The number of hydrogen-bond acceptors (Lipinski definition) is 2. The second-order valence-electron chi connectivity index (χ2n) is 10.6. The number of amides is 2. The minimum Gasteiger partial charge on any atom is -0.350 e. The van der Waals surface area contributed by atoms with E-state index in [1.807, 2.05) is 26.8 Å². The van der Waals surface area contributed by atoms with Crippen LogP contribution in [0.4, 0.5) is 0 Å². The molecule has 0 saturated carbocycles. The number of benzene rings is 2. The molecule has 2 aromatic rings. The zero-order valence-corrected chi connectivity index (χ0v) is 22.3. The van der Waals surface area contributed by atoms with Crippen LogP contribution < -0.4 is 5.32 Å². The molecular formula is C27H36Cl2N2O2. The van der Waals surface area contributed by atoms with E-state index < -0.39 is 11.6 Å². The predicted molar refractivity (Wildman–Crippen MR) is 138 cm³/mol. The SMILES string of the molecule is C[C@@H](C(=O)NC(C)(C)C)N(Cc1ccc(Cl)c(Cl)c1)C(=O)CCc1ccc(C(C)(C)C)cc1. The lowest BCUT2D eigenvalue weighted by molar-refractivity contribution is -0.141. The summed E-state index contributed by atoms with van der Waals surface area (Å²) in [5, 5.41) is 3.85. The van der Waals surface area contributed by atoms with E-state index in [1.54, 1.807) is 24.0 Å². The Hall–Kier alpha value is -2.04. The van der Waals surface area contributed by atoms with Crippen molar-refractivity contribution < 1.29 is 9.59 Å². The van der Waals surface area contributed by atoms with Gasteiger partial charge in [0.25, 0.3) is 0 Å². The Morgan fingerprint density at radius 3 is 2.00 bits per heavy atom. The van der Waals surface area contributed by atoms with Gasteiger partial charge < -0.3 is 10.2 Å². The lowest BCUT2D eigenvalue weighted by atomic mass is 9.86. The Kier molecular flexibility index (Phi) is 9.01. The molecule has 0 bridgehead atoms. The third-order valence-electron chi connectivity index (χ3n) is 5.45. The highest BCUT2D eigenvalue weighted by Crippen LogP contribution is 2.25. The van der Waals surface area contributed by atoms with Gasteiger partial charge in [-0.25, -0.2) is 0 Å². The Labute approximate surface area is 208 Å². The van der Waals surface area contributed by atoms with Gasteiger partial charge in [0.1, 0.15) is 6.04 Å². The van der Waals surface area contributed by atoms with Gasteiger partial charge in [-0.3, -0.25) is 9.59 Å². The van der Waals surface area contributed by atoms with Crippen molar-refractivity contribution in [3.63, 3.8) is 0 Å². The highest BCUT2D eigenvalue weighted by molar-refractivity contribution is 6.42. The molecule has 2 rings (SSSR count). The van der Waals surface area contributed by atoms with Gasteiger partial charge in [0, 0.05) is 18.5 Å². The van der Waals surface area contributed by atoms with Gasteiger partial charge >= 0.3 is 0 Å². The maximum absolute atomic E-state index is 13.3. The number of nitrogens with zero attached hydrogens (tertiary/aromatic N) is 1. The summed E-state index contributed by atoms with van der Waals surface area (Å²) in [6.07, 6.45) is 0.915. The van der Waals surface area contributed by atoms with Crippen LogP contribution in [0.3, 0.4) is 0 Å². The first-order chi connectivity index (χ1) is 15.2. The lowest BCUT2D eigenvalue weighted by Gasteiger charge is -2.31. The summed E-state index contributed by atoms with van der Waals surface area (Å²) in [5.74, 6) is -0.275. The molecule has 0 radical (unpaired) electrons. The molecule has 6 heteroatoms. The second kappa shape index (κ2) is 10.9. The maximum atomic E-state index is 13.3. The van der Waals surface area contributed by atoms with Crippen molar-refractivity contribution in [2.75, 3.05) is 0 Å². The quantitative estimate of drug-likeness (QED) is 0.477. The number of carbonyl (C=O) groups is 2. The van der Waals surface area contributed by atoms with Crippen LogP contribution in [-0.2, 0) is 28.0 Å². The molecule has 0 saturated heterocycles. The van der Waals surface area contributed by atoms with Crippen molar-refractivity contribution >= 4 is 35.0 Å². The molecular weight excluding hydrogens is 455 g/mol. The van der Waals surface area contributed by atoms with E-state index in [4.69, 9.17) is 23.2 Å². The number of rotatable bonds is 7. The Morgan fingerprint density at radius 2 is 1.48 bits per heavy atom. The summed E-state index contributed by atoms with van der Waals surface area (Å²) in [7, 11) is 0. The van der Waals surface area contributed by atoms with Crippen LogP contribution in [0.2, 0.25) is 10.0 Å². The van der Waals surface area contributed by atoms with Crippen LogP contribution in [-0.4, -0.2) is 28.3 Å². The van der Waals surface area contributed by atoms with Gasteiger partial charge in [-0.05, 0) is 68.4 Å². The highest BCUT2D eigenvalue weighted by Gasteiger charge is 2.28. The highest BCUT2D eigenvalue weighted by atomic mass is 35.5. The molecule has 0 unspecified atom stereocenters. The first-order valence-corrected chi connectivity index (χ1v) is 12.1. The minimum atomic E-state index is -0.630. The summed E-state index contributed by atoms with van der Waals surface area (Å²) in [6, 6.07) is 13.0. The van der Waals surface area contributed by atoms with E-state index in [-0.39, 0.29) is 23.8 Å². The van der Waals surface area contributed by atoms with Gasteiger partial charge in [-0.2, -0.15) is 0 Å². The van der Waals surface area contributed by atoms with Crippen molar-refractivity contribution in [1.82, 2.24) is 10.2 Å². The van der Waals surface area contributed by atoms with Crippen LogP contribution in [0.1, 0.15) is 71.6 Å². The van der Waals surface area contributed by atoms with Crippen LogP contribution in [0.5, 0.6) is 0 Å². The maximum Gasteiger partial charge on any atom is 0.242 e. The molecule has 2 aromatic carbocycles. The van der Waals surface area contributed by atoms with Crippen LogP contribution >= 0.6 is 23.2 Å². The van der Waals surface area contributed by atoms with E-state index in [0.29, 0.717) is 22.9 Å². The molecule has 0 aliphatic carbocycles. The predicted octanol–water partition coefficient (Wildman–Crippen LogP) is 6.56. The number of aryl methyl sites for hydroxylation is 1. The topological polar surface area (TPSA) is 49.4 Å². The number of nitrogens with one attached hydrogen (secondary N) is 1.